The molecule has 25 nitrogen and oxygen atoms in total. The largest absolute Gasteiger partial charge is 0.480 e. The quantitative estimate of drug-likeness (QED) is 0.0215. The van der Waals surface area contributed by atoms with E-state index in [0.717, 1.165) is 4.90 Å². The highest BCUT2D eigenvalue weighted by molar-refractivity contribution is 6.43. The number of carbonyl (C=O) groups is 8. The molecular weight excluding hydrogens is 970 g/mol. The number of fused-ring (bicyclic) bond motifs is 1. The van der Waals surface area contributed by atoms with Crippen LogP contribution in [0.15, 0.2) is 41.4 Å². The molecule has 5 rings (SSSR count). The lowest BCUT2D eigenvalue weighted by molar-refractivity contribution is -0.140. The Kier molecular flexibility index (Phi) is 21.8. The van der Waals surface area contributed by atoms with Crippen LogP contribution in [0.1, 0.15) is 66.2 Å². The van der Waals surface area contributed by atoms with E-state index in [1.807, 2.05) is 0 Å². The van der Waals surface area contributed by atoms with E-state index in [4.69, 9.17) is 11.5 Å². The third-order valence-electron chi connectivity index (χ3n) is 13.5. The first kappa shape index (κ1) is 58.4. The molecule has 3 fully saturated rings. The van der Waals surface area contributed by atoms with Crippen molar-refractivity contribution in [2.24, 2.45) is 22.4 Å². The predicted octanol–water partition coefficient (Wildman–Crippen LogP) is -3.06. The Morgan fingerprint density at radius 2 is 1.22 bits per heavy atom. The summed E-state index contributed by atoms with van der Waals surface area (Å²) in [7, 11) is -1.94. The maximum Gasteiger partial charge on any atom is 0.475 e. The van der Waals surface area contributed by atoms with Gasteiger partial charge in [-0.25, -0.2) is 4.39 Å². The van der Waals surface area contributed by atoms with E-state index in [9.17, 15) is 68.1 Å². The number of amides is 5. The number of rotatable bonds is 24. The van der Waals surface area contributed by atoms with Crippen molar-refractivity contribution in [3.05, 3.63) is 47.5 Å². The van der Waals surface area contributed by atoms with E-state index < -0.39 is 72.3 Å². The van der Waals surface area contributed by atoms with Gasteiger partial charge >= 0.3 is 25.0 Å². The number of likely N-dealkylation sites (tertiary alicyclic amines) is 1. The number of nitrogens with two attached hydrogens (primary N) is 2. The number of carboxylic acids is 3. The zero-order valence-electron chi connectivity index (χ0n) is 41.6. The number of guanidine groups is 1. The van der Waals surface area contributed by atoms with Gasteiger partial charge in [0.2, 0.25) is 17.7 Å². The third kappa shape index (κ3) is 17.3. The molecule has 2 unspecified atom stereocenters. The van der Waals surface area contributed by atoms with Crippen LogP contribution in [0.5, 0.6) is 0 Å². The van der Waals surface area contributed by atoms with E-state index in [-0.39, 0.29) is 134 Å². The maximum atomic E-state index is 14.1. The lowest BCUT2D eigenvalue weighted by atomic mass is 9.77. The zero-order valence-corrected chi connectivity index (χ0v) is 41.6. The van der Waals surface area contributed by atoms with Crippen LogP contribution in [-0.2, 0) is 28.8 Å². The van der Waals surface area contributed by atoms with Gasteiger partial charge in [0.05, 0.1) is 38.7 Å². The first-order valence-electron chi connectivity index (χ1n) is 24.8. The number of unbranched alkanes of at least 4 members (excludes halogenated alkanes) is 2. The molecule has 2 aliphatic heterocycles. The van der Waals surface area contributed by atoms with Crippen molar-refractivity contribution in [3.63, 3.8) is 0 Å². The van der Waals surface area contributed by atoms with Gasteiger partial charge in [-0.15, -0.1) is 0 Å². The van der Waals surface area contributed by atoms with Crippen LogP contribution in [0.4, 0.5) is 4.39 Å². The molecule has 2 saturated heterocycles. The highest BCUT2D eigenvalue weighted by atomic mass is 19.1. The van der Waals surface area contributed by atoms with Gasteiger partial charge < -0.3 is 63.0 Å². The Labute approximate surface area is 427 Å². The normalized spacial score (nSPS) is 21.6. The second-order valence-corrected chi connectivity index (χ2v) is 19.1. The topological polar surface area (TPSA) is 366 Å². The standard InChI is InChI=1S/C47H70BFN12O13/c1-30(44(71)61-25-32(49)23-37(61)48(73)74)55-43(70)36-10-9-35(33-7-3-4-8-34(33)36)42(69)52-12-5-2-6-13-53-45(72)47(24-31(47)11-14-54-46(50)51)56-38(62)26-57-15-17-58(27-39(63)64)19-21-60(29-41(67)68)22-20-59(18-16-57)28-40(65)66/h3-4,7-10,30-32,37,73-74H,2,5-6,11-29H2,1H3,(H,52,69)(H,53,72)(H,55,70)(H,56,62)(H,63,64)(H,65,66)(H,67,68)(H4,50,51,54)/t30-,31?,32+,37-,47?/m1/s1. The second kappa shape index (κ2) is 27.7. The first-order valence-corrected chi connectivity index (χ1v) is 24.8. The highest BCUT2D eigenvalue weighted by Crippen LogP contribution is 2.46. The minimum absolute atomic E-state index is 0.118. The van der Waals surface area contributed by atoms with Crippen molar-refractivity contribution in [2.45, 2.75) is 69.1 Å². The molecule has 2 aromatic carbocycles. The van der Waals surface area contributed by atoms with Gasteiger partial charge in [0, 0.05) is 83.1 Å². The molecule has 1 aliphatic carbocycles. The van der Waals surface area contributed by atoms with Gasteiger partial charge in [-0.3, -0.25) is 62.9 Å². The number of benzene rings is 2. The maximum absolute atomic E-state index is 14.1. The summed E-state index contributed by atoms with van der Waals surface area (Å²) in [6.45, 7) is 2.43. The van der Waals surface area contributed by atoms with Crippen molar-refractivity contribution >= 4 is 71.3 Å². The Balaban J connectivity index is 1.14. The number of hydrogen-bond donors (Lipinski definition) is 11. The van der Waals surface area contributed by atoms with Crippen molar-refractivity contribution in [3.8, 4) is 0 Å². The van der Waals surface area contributed by atoms with Gasteiger partial charge in [-0.2, -0.15) is 0 Å². The minimum Gasteiger partial charge on any atom is -0.480 e. The number of nitrogens with zero attached hydrogens (tertiary/aromatic N) is 6. The third-order valence-corrected chi connectivity index (χ3v) is 13.5. The fourth-order valence-electron chi connectivity index (χ4n) is 9.50. The molecule has 5 amide bonds. The Morgan fingerprint density at radius 1 is 0.730 bits per heavy atom. The molecule has 3 aliphatic rings. The van der Waals surface area contributed by atoms with E-state index in [1.165, 1.54) is 19.1 Å². The van der Waals surface area contributed by atoms with Gasteiger partial charge in [0.1, 0.15) is 17.8 Å². The van der Waals surface area contributed by atoms with Gasteiger partial charge in [0.15, 0.2) is 5.96 Å². The summed E-state index contributed by atoms with van der Waals surface area (Å²) in [5.41, 5.74) is 10.3. The molecule has 5 atom stereocenters. The number of hydrogen-bond acceptors (Lipinski definition) is 15. The van der Waals surface area contributed by atoms with Crippen molar-refractivity contribution < 1.29 is 68.1 Å². The minimum atomic E-state index is -1.94. The molecule has 0 bridgehead atoms. The van der Waals surface area contributed by atoms with Crippen LogP contribution in [0.3, 0.4) is 0 Å². The van der Waals surface area contributed by atoms with Crippen LogP contribution in [0.25, 0.3) is 10.8 Å². The number of nitrogens with one attached hydrogen (secondary N) is 4. The summed E-state index contributed by atoms with van der Waals surface area (Å²) in [6.07, 6.45) is 0.735. The summed E-state index contributed by atoms with van der Waals surface area (Å²) < 4.78 is 14.1. The number of alkyl halides is 1. The molecular formula is C47H70BFN12O13. The highest BCUT2D eigenvalue weighted by Gasteiger charge is 2.60. The second-order valence-electron chi connectivity index (χ2n) is 19.1. The zero-order chi connectivity index (χ0) is 54.1. The summed E-state index contributed by atoms with van der Waals surface area (Å²) in [5, 5.41) is 60.3. The molecule has 2 aromatic rings. The number of aliphatic imine (C=N–C) groups is 1. The number of halogens is 1. The predicted molar refractivity (Wildman–Crippen MR) is 268 cm³/mol. The summed E-state index contributed by atoms with van der Waals surface area (Å²) >= 11 is 0. The lowest BCUT2D eigenvalue weighted by Crippen LogP contribution is -2.54. The molecule has 406 valence electrons. The molecule has 27 heteroatoms. The summed E-state index contributed by atoms with van der Waals surface area (Å²) in [6, 6.07) is 8.61. The van der Waals surface area contributed by atoms with E-state index in [1.54, 1.807) is 43.9 Å². The molecule has 1 saturated carbocycles. The summed E-state index contributed by atoms with van der Waals surface area (Å²) in [5.74, 6) is -7.33. The van der Waals surface area contributed by atoms with E-state index in [2.05, 4.69) is 26.3 Å². The van der Waals surface area contributed by atoms with E-state index >= 15 is 0 Å². The Bertz CT molecular complexity index is 2330. The van der Waals surface area contributed by atoms with Crippen molar-refractivity contribution in [1.82, 2.24) is 45.8 Å². The molecule has 74 heavy (non-hydrogen) atoms. The molecule has 13 N–H and O–H groups in total. The SMILES string of the molecule is C[C@@H](NC(=O)c1ccc(C(=O)NCCCCCNC(=O)C2(NC(=O)CN3CCN(CC(=O)O)CCN(CC(=O)O)CCN(CC(=O)O)CC3)CC2CCN=C(N)N)c2ccccc12)C(=O)N1C[C@@H](F)C[C@@H]1B(O)O. The van der Waals surface area contributed by atoms with Crippen LogP contribution in [0, 0.1) is 5.92 Å². The van der Waals surface area contributed by atoms with Crippen molar-refractivity contribution in [1.29, 1.82) is 0 Å². The smallest absolute Gasteiger partial charge is 0.475 e. The first-order chi connectivity index (χ1) is 35.2. The molecule has 0 spiro atoms. The van der Waals surface area contributed by atoms with Crippen LogP contribution in [-0.4, -0.2) is 239 Å². The van der Waals surface area contributed by atoms with Gasteiger partial charge in [-0.05, 0) is 74.3 Å². The number of carbonyl (C=O) groups excluding carboxylic acids is 5. The van der Waals surface area contributed by atoms with Gasteiger partial charge in [-0.1, -0.05) is 24.3 Å². The molecule has 0 radical (unpaired) electrons. The Morgan fingerprint density at radius 3 is 1.70 bits per heavy atom. The molecule has 2 heterocycles. The van der Waals surface area contributed by atoms with Crippen LogP contribution in [0.2, 0.25) is 0 Å². The lowest BCUT2D eigenvalue weighted by Gasteiger charge is -2.33. The molecule has 0 aromatic heterocycles. The van der Waals surface area contributed by atoms with Gasteiger partial charge in [0.25, 0.3) is 11.8 Å². The van der Waals surface area contributed by atoms with Crippen LogP contribution >= 0.6 is 0 Å². The summed E-state index contributed by atoms with van der Waals surface area (Å²) in [4.78, 5) is 114. The number of carboxylic acid groups (broad SMARTS) is 3. The average Bonchev–Trinajstić information content (AvgIpc) is 3.88. The average molecular weight is 1040 g/mol. The van der Waals surface area contributed by atoms with Crippen molar-refractivity contribution in [2.75, 3.05) is 105 Å². The van der Waals surface area contributed by atoms with Crippen LogP contribution < -0.4 is 32.7 Å². The Hall–Kier alpha value is -6.52. The number of aliphatic carboxylic acids is 3. The monoisotopic (exact) mass is 1040 g/mol. The van der Waals surface area contributed by atoms with E-state index in [0.29, 0.717) is 48.4 Å². The fourth-order valence-corrected chi connectivity index (χ4v) is 9.50. The fraction of sp³-hybridized carbons (Fsp3) is 0.596.